The summed E-state index contributed by atoms with van der Waals surface area (Å²) in [5, 5.41) is 0. The first-order chi connectivity index (χ1) is 13.1. The SMILES string of the molecule is C=C1CC2c3ccccc3C3=C(C(=O)c4cccc(OC)c4C3=O)C12OC. The van der Waals surface area contributed by atoms with Crippen LogP contribution < -0.4 is 4.74 Å². The van der Waals surface area contributed by atoms with Crippen molar-refractivity contribution in [1.82, 2.24) is 0 Å². The van der Waals surface area contributed by atoms with Gasteiger partial charge in [0, 0.05) is 29.7 Å². The van der Waals surface area contributed by atoms with Crippen LogP contribution in [-0.4, -0.2) is 31.4 Å². The highest BCUT2D eigenvalue weighted by Gasteiger charge is 2.61. The minimum absolute atomic E-state index is 0.00569. The van der Waals surface area contributed by atoms with Crippen molar-refractivity contribution in [3.63, 3.8) is 0 Å². The third-order valence-electron chi connectivity index (χ3n) is 6.19. The average Bonchev–Trinajstić information content (AvgIpc) is 2.69. The van der Waals surface area contributed by atoms with Gasteiger partial charge in [-0.05, 0) is 29.2 Å². The van der Waals surface area contributed by atoms with E-state index in [-0.39, 0.29) is 17.5 Å². The summed E-state index contributed by atoms with van der Waals surface area (Å²) in [5.74, 6) is 0.0320. The van der Waals surface area contributed by atoms with E-state index >= 15 is 0 Å². The van der Waals surface area contributed by atoms with Gasteiger partial charge in [-0.15, -0.1) is 0 Å². The van der Waals surface area contributed by atoms with Gasteiger partial charge in [0.2, 0.25) is 0 Å². The summed E-state index contributed by atoms with van der Waals surface area (Å²) in [6, 6.07) is 12.9. The largest absolute Gasteiger partial charge is 0.496 e. The predicted molar refractivity (Wildman–Crippen MR) is 101 cm³/mol. The number of carbonyl (C=O) groups excluding carboxylic acids is 2. The third kappa shape index (κ3) is 1.71. The van der Waals surface area contributed by atoms with Crippen LogP contribution in [0.2, 0.25) is 0 Å². The average molecular weight is 358 g/mol. The molecule has 4 heteroatoms. The zero-order valence-corrected chi connectivity index (χ0v) is 15.2. The molecule has 1 fully saturated rings. The number of carbonyl (C=O) groups is 2. The van der Waals surface area contributed by atoms with Gasteiger partial charge in [0.15, 0.2) is 11.6 Å². The Morgan fingerprint density at radius 3 is 2.44 bits per heavy atom. The first-order valence-electron chi connectivity index (χ1n) is 8.90. The Balaban J connectivity index is 1.90. The van der Waals surface area contributed by atoms with Gasteiger partial charge in [0.05, 0.1) is 12.7 Å². The lowest BCUT2D eigenvalue weighted by atomic mass is 9.52. The fourth-order valence-corrected chi connectivity index (χ4v) is 4.98. The number of Topliss-reactive ketones (excluding diaryl/α,β-unsaturated/α-hetero) is 2. The molecular formula is C23H18O4. The second-order valence-corrected chi connectivity index (χ2v) is 7.18. The van der Waals surface area contributed by atoms with E-state index in [0.717, 1.165) is 23.1 Å². The zero-order chi connectivity index (χ0) is 18.9. The first kappa shape index (κ1) is 16.2. The minimum atomic E-state index is -0.933. The van der Waals surface area contributed by atoms with Gasteiger partial charge in [-0.25, -0.2) is 0 Å². The maximum absolute atomic E-state index is 13.6. The van der Waals surface area contributed by atoms with Crippen LogP contribution in [0, 0.1) is 0 Å². The fourth-order valence-electron chi connectivity index (χ4n) is 4.98. The Labute approximate surface area is 157 Å². The molecule has 0 aromatic heterocycles. The van der Waals surface area contributed by atoms with Crippen molar-refractivity contribution in [1.29, 1.82) is 0 Å². The summed E-state index contributed by atoms with van der Waals surface area (Å²) < 4.78 is 11.3. The Hall–Kier alpha value is -2.98. The van der Waals surface area contributed by atoms with Gasteiger partial charge in [-0.2, -0.15) is 0 Å². The maximum Gasteiger partial charge on any atom is 0.198 e. The van der Waals surface area contributed by atoms with E-state index < -0.39 is 5.60 Å². The minimum Gasteiger partial charge on any atom is -0.496 e. The molecular weight excluding hydrogens is 340 g/mol. The predicted octanol–water partition coefficient (Wildman–Crippen LogP) is 3.97. The van der Waals surface area contributed by atoms with E-state index in [0.29, 0.717) is 28.0 Å². The van der Waals surface area contributed by atoms with Crippen molar-refractivity contribution < 1.29 is 19.1 Å². The van der Waals surface area contributed by atoms with Crippen LogP contribution in [-0.2, 0) is 4.74 Å². The number of ketones is 2. The number of benzene rings is 2. The highest BCUT2D eigenvalue weighted by atomic mass is 16.5. The molecule has 3 aliphatic carbocycles. The normalized spacial score (nSPS) is 25.3. The van der Waals surface area contributed by atoms with Crippen molar-refractivity contribution in [3.05, 3.63) is 82.4 Å². The van der Waals surface area contributed by atoms with Crippen LogP contribution in [0.5, 0.6) is 5.75 Å². The standard InChI is InChI=1S/C23H18O4/c1-12-11-16-13-7-4-5-8-14(13)19-20(23(12,16)27-3)21(24)15-9-6-10-17(26-2)18(15)22(19)25/h4-10,16H,1,11H2,2-3H3. The molecule has 2 atom stereocenters. The van der Waals surface area contributed by atoms with Crippen LogP contribution in [0.25, 0.3) is 5.57 Å². The summed E-state index contributed by atoms with van der Waals surface area (Å²) in [6.45, 7) is 4.15. The number of hydrogen-bond acceptors (Lipinski definition) is 4. The summed E-state index contributed by atoms with van der Waals surface area (Å²) in [4.78, 5) is 27.2. The van der Waals surface area contributed by atoms with Crippen molar-refractivity contribution in [2.45, 2.75) is 17.9 Å². The Bertz CT molecular complexity index is 1090. The summed E-state index contributed by atoms with van der Waals surface area (Å²) in [6.07, 6.45) is 0.744. The van der Waals surface area contributed by atoms with Gasteiger partial charge < -0.3 is 9.47 Å². The van der Waals surface area contributed by atoms with Crippen molar-refractivity contribution >= 4 is 17.1 Å². The topological polar surface area (TPSA) is 52.6 Å². The number of fused-ring (bicyclic) bond motifs is 6. The highest BCUT2D eigenvalue weighted by Crippen LogP contribution is 2.62. The third-order valence-corrected chi connectivity index (χ3v) is 6.19. The molecule has 0 aliphatic heterocycles. The van der Waals surface area contributed by atoms with Crippen molar-refractivity contribution in [2.24, 2.45) is 0 Å². The lowest BCUT2D eigenvalue weighted by molar-refractivity contribution is -0.0106. The quantitative estimate of drug-likeness (QED) is 0.762. The molecule has 134 valence electrons. The maximum atomic E-state index is 13.6. The number of allylic oxidation sites excluding steroid dienone is 1. The van der Waals surface area contributed by atoms with E-state index in [1.807, 2.05) is 24.3 Å². The van der Waals surface area contributed by atoms with E-state index in [1.54, 1.807) is 25.3 Å². The second-order valence-electron chi connectivity index (χ2n) is 7.18. The molecule has 0 heterocycles. The highest BCUT2D eigenvalue weighted by molar-refractivity contribution is 6.42. The Morgan fingerprint density at radius 1 is 1.00 bits per heavy atom. The molecule has 2 unspecified atom stereocenters. The smallest absolute Gasteiger partial charge is 0.198 e. The van der Waals surface area contributed by atoms with Crippen LogP contribution in [0.15, 0.2) is 60.2 Å². The molecule has 3 aliphatic rings. The van der Waals surface area contributed by atoms with Crippen LogP contribution in [0.3, 0.4) is 0 Å². The van der Waals surface area contributed by atoms with E-state index in [9.17, 15) is 9.59 Å². The van der Waals surface area contributed by atoms with Crippen molar-refractivity contribution in [2.75, 3.05) is 14.2 Å². The summed E-state index contributed by atoms with van der Waals surface area (Å²) >= 11 is 0. The lowest BCUT2D eigenvalue weighted by Gasteiger charge is -2.55. The molecule has 27 heavy (non-hydrogen) atoms. The lowest BCUT2D eigenvalue weighted by Crippen LogP contribution is -2.56. The van der Waals surface area contributed by atoms with E-state index in [1.165, 1.54) is 7.11 Å². The van der Waals surface area contributed by atoms with Gasteiger partial charge in [0.25, 0.3) is 0 Å². The van der Waals surface area contributed by atoms with Gasteiger partial charge in [0.1, 0.15) is 11.4 Å². The number of ether oxygens (including phenoxy) is 2. The molecule has 5 rings (SSSR count). The van der Waals surface area contributed by atoms with Gasteiger partial charge in [-0.1, -0.05) is 43.0 Å². The van der Waals surface area contributed by atoms with Crippen LogP contribution >= 0.6 is 0 Å². The molecule has 1 saturated carbocycles. The molecule has 0 spiro atoms. The van der Waals surface area contributed by atoms with Crippen molar-refractivity contribution in [3.8, 4) is 5.75 Å². The molecule has 4 nitrogen and oxygen atoms in total. The summed E-state index contributed by atoms with van der Waals surface area (Å²) in [5.41, 5.74) is 3.29. The molecule has 0 saturated heterocycles. The molecule has 2 aromatic rings. The summed E-state index contributed by atoms with van der Waals surface area (Å²) in [7, 11) is 3.10. The molecule has 0 radical (unpaired) electrons. The number of rotatable bonds is 2. The second kappa shape index (κ2) is 5.27. The fraction of sp³-hybridized carbons (Fsp3) is 0.217. The molecule has 0 N–H and O–H groups in total. The van der Waals surface area contributed by atoms with Crippen LogP contribution in [0.1, 0.15) is 44.2 Å². The first-order valence-corrected chi connectivity index (χ1v) is 8.90. The zero-order valence-electron chi connectivity index (χ0n) is 15.2. The van der Waals surface area contributed by atoms with Gasteiger partial charge >= 0.3 is 0 Å². The Kier molecular flexibility index (Phi) is 3.16. The number of methoxy groups -OCH3 is 2. The molecule has 0 bridgehead atoms. The molecule has 0 amide bonds. The van der Waals surface area contributed by atoms with E-state index in [2.05, 4.69) is 6.58 Å². The Morgan fingerprint density at radius 2 is 1.74 bits per heavy atom. The van der Waals surface area contributed by atoms with E-state index in [4.69, 9.17) is 9.47 Å². The van der Waals surface area contributed by atoms with Crippen LogP contribution in [0.4, 0.5) is 0 Å². The number of hydrogen-bond donors (Lipinski definition) is 0. The molecule has 2 aromatic carbocycles. The van der Waals surface area contributed by atoms with Gasteiger partial charge in [-0.3, -0.25) is 9.59 Å². The monoisotopic (exact) mass is 358 g/mol.